The van der Waals surface area contributed by atoms with Crippen molar-refractivity contribution < 1.29 is 37.0 Å². The van der Waals surface area contributed by atoms with E-state index in [1.807, 2.05) is 63.2 Å². The second-order valence-electron chi connectivity index (χ2n) is 11.2. The minimum Gasteiger partial charge on any atom is -0.444 e. The van der Waals surface area contributed by atoms with Crippen molar-refractivity contribution in [3.8, 4) is 0 Å². The van der Waals surface area contributed by atoms with Crippen molar-refractivity contribution in [3.63, 3.8) is 0 Å². The highest BCUT2D eigenvalue weighted by molar-refractivity contribution is 7.89. The Morgan fingerprint density at radius 3 is 2.37 bits per heavy atom. The molecule has 13 heteroatoms. The van der Waals surface area contributed by atoms with Gasteiger partial charge in [0.25, 0.3) is 0 Å². The number of benzene rings is 2. The number of amides is 1. The molecule has 3 N–H and O–H groups in total. The maximum absolute atomic E-state index is 13.9. The highest BCUT2D eigenvalue weighted by atomic mass is 32.2. The number of alkyl carbamates (subject to hydrolysis) is 1. The Balaban J connectivity index is 1.95. The van der Waals surface area contributed by atoms with Crippen LogP contribution in [0.15, 0.2) is 59.5 Å². The van der Waals surface area contributed by atoms with Crippen molar-refractivity contribution in [3.05, 3.63) is 60.2 Å². The van der Waals surface area contributed by atoms with E-state index in [-0.39, 0.29) is 43.5 Å². The molecule has 0 aliphatic carbocycles. The number of nitrogens with two attached hydrogens (primary N) is 1. The predicted molar refractivity (Wildman–Crippen MR) is 162 cm³/mol. The summed E-state index contributed by atoms with van der Waals surface area (Å²) in [6, 6.07) is 14.3. The summed E-state index contributed by atoms with van der Waals surface area (Å²) in [6.45, 7) is 4.96. The van der Waals surface area contributed by atoms with Gasteiger partial charge in [-0.25, -0.2) is 18.0 Å². The molecule has 3 rings (SSSR count). The van der Waals surface area contributed by atoms with Gasteiger partial charge < -0.3 is 34.9 Å². The molecule has 43 heavy (non-hydrogen) atoms. The van der Waals surface area contributed by atoms with Gasteiger partial charge in [-0.1, -0.05) is 44.2 Å². The fourth-order valence-electron chi connectivity index (χ4n) is 4.47. The number of hydrogen-bond donors (Lipinski definition) is 2. The monoisotopic (exact) mass is 620 g/mol. The van der Waals surface area contributed by atoms with Crippen LogP contribution in [0.4, 0.5) is 15.3 Å². The minimum absolute atomic E-state index is 0.0443. The number of nitrogen functional groups attached to an aromatic ring is 1. The molecule has 1 saturated heterocycles. The van der Waals surface area contributed by atoms with Crippen LogP contribution in [0.5, 0.6) is 0 Å². The third kappa shape index (κ3) is 11.3. The lowest BCUT2D eigenvalue weighted by molar-refractivity contribution is -0.000452. The van der Waals surface area contributed by atoms with Crippen LogP contribution < -0.4 is 11.1 Å². The van der Waals surface area contributed by atoms with Crippen LogP contribution in [-0.4, -0.2) is 102 Å². The molecule has 0 unspecified atom stereocenters. The summed E-state index contributed by atoms with van der Waals surface area (Å²) in [5.74, 6) is -0.0656. The molecular formula is C30H44N4O8S. The van der Waals surface area contributed by atoms with Gasteiger partial charge in [0.15, 0.2) is 0 Å². The van der Waals surface area contributed by atoms with E-state index in [0.717, 1.165) is 5.56 Å². The number of anilines is 1. The minimum atomic E-state index is -4.05. The summed E-state index contributed by atoms with van der Waals surface area (Å²) in [5.41, 5.74) is 7.06. The van der Waals surface area contributed by atoms with Crippen molar-refractivity contribution in [2.75, 3.05) is 59.3 Å². The van der Waals surface area contributed by atoms with E-state index in [9.17, 15) is 18.0 Å². The second-order valence-corrected chi connectivity index (χ2v) is 13.1. The summed E-state index contributed by atoms with van der Waals surface area (Å²) >= 11 is 0. The van der Waals surface area contributed by atoms with Gasteiger partial charge in [0.2, 0.25) is 10.0 Å². The van der Waals surface area contributed by atoms with E-state index in [0.29, 0.717) is 25.3 Å². The predicted octanol–water partition coefficient (Wildman–Crippen LogP) is 3.13. The molecule has 1 aliphatic rings. The van der Waals surface area contributed by atoms with Crippen molar-refractivity contribution in [1.29, 1.82) is 0 Å². The van der Waals surface area contributed by atoms with Gasteiger partial charge in [-0.3, -0.25) is 0 Å². The first kappa shape index (κ1) is 34.1. The first-order chi connectivity index (χ1) is 20.4. The quantitative estimate of drug-likeness (QED) is 0.225. The van der Waals surface area contributed by atoms with E-state index >= 15 is 0 Å². The Kier molecular flexibility index (Phi) is 13.1. The number of nitrogens with one attached hydrogen (secondary N) is 1. The number of rotatable bonds is 15. The van der Waals surface area contributed by atoms with Crippen molar-refractivity contribution >= 4 is 28.0 Å². The van der Waals surface area contributed by atoms with Gasteiger partial charge in [-0.05, 0) is 56.3 Å². The van der Waals surface area contributed by atoms with Gasteiger partial charge in [0.05, 0.1) is 30.7 Å². The summed E-state index contributed by atoms with van der Waals surface area (Å²) in [5, 5.41) is 2.83. The first-order valence-corrected chi connectivity index (χ1v) is 15.8. The third-order valence-corrected chi connectivity index (χ3v) is 8.53. The van der Waals surface area contributed by atoms with Crippen LogP contribution in [0, 0.1) is 5.92 Å². The van der Waals surface area contributed by atoms with Crippen molar-refractivity contribution in [1.82, 2.24) is 14.5 Å². The lowest BCUT2D eigenvalue weighted by Crippen LogP contribution is -2.53. The smallest absolute Gasteiger partial charge is 0.444 e. The van der Waals surface area contributed by atoms with Gasteiger partial charge in [0.1, 0.15) is 18.8 Å². The summed E-state index contributed by atoms with van der Waals surface area (Å²) in [6.07, 6.45) is -2.44. The zero-order valence-electron chi connectivity index (χ0n) is 25.3. The van der Waals surface area contributed by atoms with Crippen LogP contribution >= 0.6 is 0 Å². The van der Waals surface area contributed by atoms with Gasteiger partial charge >= 0.3 is 12.2 Å². The summed E-state index contributed by atoms with van der Waals surface area (Å²) in [7, 11) is -0.372. The Bertz CT molecular complexity index is 1250. The highest BCUT2D eigenvalue weighted by Gasteiger charge is 2.36. The molecule has 1 amide bonds. The van der Waals surface area contributed by atoms with Gasteiger partial charge in [-0.15, -0.1) is 0 Å². The molecule has 0 bridgehead atoms. The summed E-state index contributed by atoms with van der Waals surface area (Å²) in [4.78, 5) is 27.8. The average Bonchev–Trinajstić information content (AvgIpc) is 3.45. The molecule has 0 radical (unpaired) electrons. The van der Waals surface area contributed by atoms with Crippen LogP contribution in [0.1, 0.15) is 25.8 Å². The Morgan fingerprint density at radius 1 is 1.07 bits per heavy atom. The molecule has 1 aliphatic heterocycles. The zero-order valence-corrected chi connectivity index (χ0v) is 26.1. The second kappa shape index (κ2) is 16.5. The standard InChI is InChI=1S/C30H44N4O8S/c1-22(2)19-34(43(37,38)26-12-10-24(31)11-13-26)20-28(42-30(36)40-17-15-33(3)4)27(18-23-8-6-5-7-9-23)32-29(35)41-25-14-16-39-21-25/h5-13,22,25,27-28H,14-21,31H2,1-4H3,(H,32,35)/t25-,27-,28+/m0/s1. The molecule has 2 aromatic rings. The number of carbonyl (C=O) groups is 2. The topological polar surface area (TPSA) is 150 Å². The maximum Gasteiger partial charge on any atom is 0.508 e. The van der Waals surface area contributed by atoms with Crippen LogP contribution in [0.2, 0.25) is 0 Å². The largest absolute Gasteiger partial charge is 0.508 e. The fraction of sp³-hybridized carbons (Fsp3) is 0.533. The lowest BCUT2D eigenvalue weighted by atomic mass is 10.0. The number of likely N-dealkylation sites (N-methyl/N-ethyl adjacent to an activating group) is 1. The number of hydrogen-bond acceptors (Lipinski definition) is 10. The van der Waals surface area contributed by atoms with Gasteiger partial charge in [0, 0.05) is 25.2 Å². The third-order valence-electron chi connectivity index (χ3n) is 6.69. The molecular weight excluding hydrogens is 576 g/mol. The number of ether oxygens (including phenoxy) is 4. The normalized spacial score (nSPS) is 16.7. The molecule has 0 spiro atoms. The molecule has 0 aromatic heterocycles. The number of nitrogens with zero attached hydrogens (tertiary/aromatic N) is 2. The van der Waals surface area contributed by atoms with Crippen molar-refractivity contribution in [2.24, 2.45) is 5.92 Å². The SMILES string of the molecule is CC(C)CN(C[C@@H](OC(=O)OCCN(C)C)[C@H](Cc1ccccc1)NC(=O)O[C@H]1CCOC1)S(=O)(=O)c1ccc(N)cc1. The Morgan fingerprint density at radius 2 is 1.77 bits per heavy atom. The van der Waals surface area contributed by atoms with E-state index in [1.165, 1.54) is 28.6 Å². The summed E-state index contributed by atoms with van der Waals surface area (Å²) < 4.78 is 50.9. The Hall–Kier alpha value is -3.39. The van der Waals surface area contributed by atoms with E-state index in [4.69, 9.17) is 24.7 Å². The fourth-order valence-corrected chi connectivity index (χ4v) is 6.09. The van der Waals surface area contributed by atoms with E-state index in [1.54, 1.807) is 0 Å². The van der Waals surface area contributed by atoms with Crippen LogP contribution in [0.25, 0.3) is 0 Å². The molecule has 12 nitrogen and oxygen atoms in total. The molecule has 238 valence electrons. The molecule has 1 fully saturated rings. The number of sulfonamides is 1. The van der Waals surface area contributed by atoms with E-state index in [2.05, 4.69) is 5.32 Å². The number of carbonyl (C=O) groups excluding carboxylic acids is 2. The van der Waals surface area contributed by atoms with E-state index < -0.39 is 40.5 Å². The molecule has 2 aromatic carbocycles. The van der Waals surface area contributed by atoms with Gasteiger partial charge in [-0.2, -0.15) is 4.31 Å². The van der Waals surface area contributed by atoms with Crippen molar-refractivity contribution in [2.45, 2.75) is 49.8 Å². The van der Waals surface area contributed by atoms with Crippen LogP contribution in [-0.2, 0) is 35.4 Å². The zero-order chi connectivity index (χ0) is 31.4. The molecule has 3 atom stereocenters. The molecule has 1 heterocycles. The Labute approximate surface area is 254 Å². The highest BCUT2D eigenvalue weighted by Crippen LogP contribution is 2.22. The lowest BCUT2D eigenvalue weighted by Gasteiger charge is -2.33. The maximum atomic E-state index is 13.9. The molecule has 0 saturated carbocycles. The first-order valence-electron chi connectivity index (χ1n) is 14.4. The van der Waals surface area contributed by atoms with Crippen LogP contribution in [0.3, 0.4) is 0 Å². The average molecular weight is 621 g/mol.